The zero-order valence-electron chi connectivity index (χ0n) is 9.43. The van der Waals surface area contributed by atoms with Gasteiger partial charge in [-0.3, -0.25) is 14.9 Å². The minimum Gasteiger partial charge on any atom is -0.389 e. The molecule has 0 fully saturated rings. The highest BCUT2D eigenvalue weighted by Gasteiger charge is 2.35. The second kappa shape index (κ2) is 7.13. The van der Waals surface area contributed by atoms with Crippen molar-refractivity contribution in [2.24, 2.45) is 0 Å². The van der Waals surface area contributed by atoms with Crippen LogP contribution in [0.4, 0.5) is 0 Å². The summed E-state index contributed by atoms with van der Waals surface area (Å²) in [6, 6.07) is 0. The van der Waals surface area contributed by atoms with Crippen LogP contribution in [-0.4, -0.2) is 58.8 Å². The van der Waals surface area contributed by atoms with Crippen LogP contribution in [0.5, 0.6) is 0 Å². The molecule has 0 unspecified atom stereocenters. The topological polar surface area (TPSA) is 104 Å². The number of aliphatic hydroxyl groups is 2. The van der Waals surface area contributed by atoms with Crippen LogP contribution >= 0.6 is 0 Å². The van der Waals surface area contributed by atoms with Gasteiger partial charge in [-0.05, 0) is 0 Å². The van der Waals surface area contributed by atoms with Crippen molar-refractivity contribution in [3.05, 3.63) is 10.1 Å². The number of carbonyl (C=O) groups excluding carboxylic acids is 1. The lowest BCUT2D eigenvalue weighted by atomic mass is 10.1. The first kappa shape index (κ1) is 16.2. The molecular weight excluding hydrogens is 204 g/mol. The Kier molecular flexibility index (Phi) is 7.71. The molecule has 0 aromatic carbocycles. The second-order valence-corrected chi connectivity index (χ2v) is 3.48. The molecule has 2 N–H and O–H groups in total. The van der Waals surface area contributed by atoms with E-state index in [0.717, 1.165) is 0 Å². The lowest BCUT2D eigenvalue weighted by Crippen LogP contribution is -2.42. The maximum atomic E-state index is 10.1. The summed E-state index contributed by atoms with van der Waals surface area (Å²) in [6.45, 7) is 1.42. The molecule has 90 valence electrons. The molecule has 0 aromatic rings. The van der Waals surface area contributed by atoms with E-state index in [4.69, 9.17) is 10.2 Å². The summed E-state index contributed by atoms with van der Waals surface area (Å²) in [4.78, 5) is 20.9. The molecule has 7 heteroatoms. The van der Waals surface area contributed by atoms with Crippen LogP contribution in [0.3, 0.4) is 0 Å². The van der Waals surface area contributed by atoms with Crippen molar-refractivity contribution in [2.45, 2.75) is 19.4 Å². The number of amides is 1. The van der Waals surface area contributed by atoms with E-state index in [9.17, 15) is 14.9 Å². The quantitative estimate of drug-likeness (QED) is 0.475. The Hall–Kier alpha value is -1.21. The van der Waals surface area contributed by atoms with Crippen LogP contribution < -0.4 is 0 Å². The molecule has 0 rings (SSSR count). The number of rotatable bonds is 3. The average Bonchev–Trinajstić information content (AvgIpc) is 2.17. The van der Waals surface area contributed by atoms with Gasteiger partial charge < -0.3 is 15.1 Å². The normalized spacial score (nSPS) is 10.0. The molecule has 0 heterocycles. The monoisotopic (exact) mass is 222 g/mol. The molecule has 0 saturated heterocycles. The van der Waals surface area contributed by atoms with Gasteiger partial charge in [0.05, 0.1) is 0 Å². The largest absolute Gasteiger partial charge is 0.389 e. The van der Waals surface area contributed by atoms with E-state index in [1.165, 1.54) is 18.7 Å². The standard InChI is InChI=1S/C4H9NO4.C4H9NO/c1-4(2-6,3-7)5(8)9;1-4(6)5(2)3/h6-7H,2-3H2,1H3;1-3H3. The number of carbonyl (C=O) groups is 1. The molecule has 0 aliphatic rings. The third kappa shape index (κ3) is 6.81. The van der Waals surface area contributed by atoms with E-state index in [2.05, 4.69) is 0 Å². The fraction of sp³-hybridized carbons (Fsp3) is 0.875. The molecule has 0 aliphatic carbocycles. The number of nitrogens with zero attached hydrogens (tertiary/aromatic N) is 2. The van der Waals surface area contributed by atoms with E-state index in [-0.39, 0.29) is 5.91 Å². The predicted octanol–water partition coefficient (Wildman–Crippen LogP) is -0.899. The molecule has 0 aromatic heterocycles. The zero-order chi connectivity index (χ0) is 12.6. The van der Waals surface area contributed by atoms with Crippen molar-refractivity contribution in [1.29, 1.82) is 0 Å². The molecule has 0 spiro atoms. The van der Waals surface area contributed by atoms with E-state index in [0.29, 0.717) is 0 Å². The predicted molar refractivity (Wildman–Crippen MR) is 53.9 cm³/mol. The van der Waals surface area contributed by atoms with Crippen molar-refractivity contribution in [1.82, 2.24) is 4.90 Å². The molecule has 7 nitrogen and oxygen atoms in total. The van der Waals surface area contributed by atoms with Gasteiger partial charge in [-0.1, -0.05) is 0 Å². The first-order chi connectivity index (χ1) is 6.71. The van der Waals surface area contributed by atoms with Gasteiger partial charge in [-0.2, -0.15) is 0 Å². The van der Waals surface area contributed by atoms with Crippen LogP contribution in [-0.2, 0) is 4.79 Å². The minimum absolute atomic E-state index is 0.0926. The van der Waals surface area contributed by atoms with Crippen LogP contribution in [0.1, 0.15) is 13.8 Å². The fourth-order valence-corrected chi connectivity index (χ4v) is 0.165. The van der Waals surface area contributed by atoms with Gasteiger partial charge >= 0.3 is 0 Å². The van der Waals surface area contributed by atoms with E-state index in [1.54, 1.807) is 14.1 Å². The molecule has 0 atom stereocenters. The summed E-state index contributed by atoms with van der Waals surface area (Å²) in [7, 11) is 3.45. The molecule has 0 radical (unpaired) electrons. The van der Waals surface area contributed by atoms with Gasteiger partial charge in [0.15, 0.2) is 0 Å². The highest BCUT2D eigenvalue weighted by atomic mass is 16.6. The Bertz CT molecular complexity index is 213. The van der Waals surface area contributed by atoms with Crippen molar-refractivity contribution in [3.63, 3.8) is 0 Å². The third-order valence-electron chi connectivity index (χ3n) is 1.75. The molecule has 1 amide bonds. The highest BCUT2D eigenvalue weighted by Crippen LogP contribution is 2.04. The van der Waals surface area contributed by atoms with E-state index >= 15 is 0 Å². The SMILES string of the molecule is CC(=O)N(C)C.CC(CO)(CO)[N+](=O)[O-]. The van der Waals surface area contributed by atoms with E-state index in [1.807, 2.05) is 0 Å². The average molecular weight is 222 g/mol. The minimum atomic E-state index is -1.58. The Morgan fingerprint density at radius 3 is 1.67 bits per heavy atom. The van der Waals surface area contributed by atoms with Crippen LogP contribution in [0.15, 0.2) is 0 Å². The fourth-order valence-electron chi connectivity index (χ4n) is 0.165. The van der Waals surface area contributed by atoms with E-state index < -0.39 is 23.7 Å². The third-order valence-corrected chi connectivity index (χ3v) is 1.75. The van der Waals surface area contributed by atoms with Crippen molar-refractivity contribution < 1.29 is 19.9 Å². The van der Waals surface area contributed by atoms with Gasteiger partial charge in [0.1, 0.15) is 13.2 Å². The van der Waals surface area contributed by atoms with Crippen LogP contribution in [0.2, 0.25) is 0 Å². The van der Waals surface area contributed by atoms with Crippen LogP contribution in [0.25, 0.3) is 0 Å². The maximum Gasteiger partial charge on any atom is 0.264 e. The van der Waals surface area contributed by atoms with Gasteiger partial charge in [0.25, 0.3) is 5.54 Å². The lowest BCUT2D eigenvalue weighted by molar-refractivity contribution is -0.572. The summed E-state index contributed by atoms with van der Waals surface area (Å²) in [6.07, 6.45) is 0. The maximum absolute atomic E-state index is 10.1. The van der Waals surface area contributed by atoms with Gasteiger partial charge in [-0.15, -0.1) is 0 Å². The summed E-state index contributed by atoms with van der Waals surface area (Å²) >= 11 is 0. The molecule has 15 heavy (non-hydrogen) atoms. The number of hydrogen-bond donors (Lipinski definition) is 2. The molecule has 0 bridgehead atoms. The number of nitro groups is 1. The van der Waals surface area contributed by atoms with Crippen molar-refractivity contribution in [3.8, 4) is 0 Å². The molecule has 0 saturated carbocycles. The summed E-state index contributed by atoms with van der Waals surface area (Å²) < 4.78 is 0. The van der Waals surface area contributed by atoms with Crippen molar-refractivity contribution >= 4 is 5.91 Å². The Morgan fingerprint density at radius 2 is 1.67 bits per heavy atom. The summed E-state index contributed by atoms with van der Waals surface area (Å²) in [5, 5.41) is 26.7. The van der Waals surface area contributed by atoms with Crippen molar-refractivity contribution in [2.75, 3.05) is 27.3 Å². The summed E-state index contributed by atoms with van der Waals surface area (Å²) in [5.74, 6) is 0.0926. The smallest absolute Gasteiger partial charge is 0.264 e. The first-order valence-electron chi connectivity index (χ1n) is 4.25. The Labute approximate surface area is 88.5 Å². The van der Waals surface area contributed by atoms with Gasteiger partial charge in [0.2, 0.25) is 5.91 Å². The van der Waals surface area contributed by atoms with Gasteiger partial charge in [-0.25, -0.2) is 0 Å². The number of aliphatic hydroxyl groups excluding tert-OH is 2. The lowest BCUT2D eigenvalue weighted by Gasteiger charge is -2.13. The van der Waals surface area contributed by atoms with Crippen LogP contribution in [0, 0.1) is 10.1 Å². The zero-order valence-corrected chi connectivity index (χ0v) is 9.43. The Balaban J connectivity index is 0. The highest BCUT2D eigenvalue weighted by molar-refractivity contribution is 5.72. The van der Waals surface area contributed by atoms with Gasteiger partial charge in [0, 0.05) is 32.9 Å². The molecular formula is C8H18N2O5. The summed E-state index contributed by atoms with van der Waals surface area (Å²) in [5.41, 5.74) is -1.58. The second-order valence-electron chi connectivity index (χ2n) is 3.48. The molecule has 0 aliphatic heterocycles. The number of hydrogen-bond acceptors (Lipinski definition) is 5. The Morgan fingerprint density at radius 1 is 1.40 bits per heavy atom. The first-order valence-corrected chi connectivity index (χ1v) is 4.25.